The van der Waals surface area contributed by atoms with Gasteiger partial charge in [-0.25, -0.2) is 4.98 Å². The van der Waals surface area contributed by atoms with Gasteiger partial charge in [0, 0.05) is 6.07 Å². The molecule has 4 N–H and O–H groups in total. The molecule has 14 heavy (non-hydrogen) atoms. The van der Waals surface area contributed by atoms with E-state index in [0.717, 1.165) is 17.8 Å². The van der Waals surface area contributed by atoms with Gasteiger partial charge in [0.15, 0.2) is 5.16 Å². The third-order valence-corrected chi connectivity index (χ3v) is 2.35. The molecular formula is C7H9N3O3S. The largest absolute Gasteiger partial charge is 0.480 e. The zero-order valence-electron chi connectivity index (χ0n) is 7.35. The summed E-state index contributed by atoms with van der Waals surface area (Å²) >= 11 is 0.934. The summed E-state index contributed by atoms with van der Waals surface area (Å²) in [6, 6.07) is 1.13. The Morgan fingerprint density at radius 2 is 2.43 bits per heavy atom. The van der Waals surface area contributed by atoms with Crippen molar-refractivity contribution in [3.63, 3.8) is 0 Å². The number of hydrogen-bond donors (Lipinski definition) is 3. The average molecular weight is 215 g/mol. The van der Waals surface area contributed by atoms with Crippen LogP contribution in [0.4, 0.5) is 5.82 Å². The van der Waals surface area contributed by atoms with E-state index in [1.54, 1.807) is 0 Å². The summed E-state index contributed by atoms with van der Waals surface area (Å²) in [6.07, 6.45) is 0. The lowest BCUT2D eigenvalue weighted by Crippen LogP contribution is -2.15. The Morgan fingerprint density at radius 3 is 2.93 bits per heavy atom. The van der Waals surface area contributed by atoms with Gasteiger partial charge in [0.1, 0.15) is 11.1 Å². The molecule has 1 atom stereocenters. The SMILES string of the molecule is C[C@H](Sc1nc(N)cc(=O)[nH]1)C(=O)O. The fraction of sp³-hybridized carbons (Fsp3) is 0.286. The third-order valence-electron chi connectivity index (χ3n) is 1.38. The molecule has 0 aliphatic heterocycles. The van der Waals surface area contributed by atoms with E-state index in [1.165, 1.54) is 6.92 Å². The second-order valence-electron chi connectivity index (χ2n) is 2.57. The smallest absolute Gasteiger partial charge is 0.316 e. The number of hydrogen-bond acceptors (Lipinski definition) is 5. The number of H-pyrrole nitrogens is 1. The molecular weight excluding hydrogens is 206 g/mol. The highest BCUT2D eigenvalue weighted by Gasteiger charge is 2.13. The van der Waals surface area contributed by atoms with E-state index >= 15 is 0 Å². The van der Waals surface area contributed by atoms with Crippen LogP contribution >= 0.6 is 11.8 Å². The first-order valence-corrected chi connectivity index (χ1v) is 4.63. The van der Waals surface area contributed by atoms with E-state index in [-0.39, 0.29) is 11.0 Å². The van der Waals surface area contributed by atoms with Gasteiger partial charge in [-0.2, -0.15) is 0 Å². The fourth-order valence-corrected chi connectivity index (χ4v) is 1.48. The molecule has 0 spiro atoms. The molecule has 7 heteroatoms. The van der Waals surface area contributed by atoms with Crippen molar-refractivity contribution in [1.29, 1.82) is 0 Å². The molecule has 0 aromatic carbocycles. The van der Waals surface area contributed by atoms with E-state index in [1.807, 2.05) is 0 Å². The van der Waals surface area contributed by atoms with Gasteiger partial charge in [0.2, 0.25) is 0 Å². The van der Waals surface area contributed by atoms with E-state index in [0.29, 0.717) is 0 Å². The van der Waals surface area contributed by atoms with Crippen LogP contribution in [0, 0.1) is 0 Å². The van der Waals surface area contributed by atoms with Crippen LogP contribution in [0.5, 0.6) is 0 Å². The molecule has 0 fully saturated rings. The fourth-order valence-electron chi connectivity index (χ4n) is 0.727. The summed E-state index contributed by atoms with van der Waals surface area (Å²) in [5, 5.41) is 8.14. The lowest BCUT2D eigenvalue weighted by Gasteiger charge is -2.04. The van der Waals surface area contributed by atoms with Crippen LogP contribution in [0.2, 0.25) is 0 Å². The molecule has 0 amide bonds. The highest BCUT2D eigenvalue weighted by atomic mass is 32.2. The number of rotatable bonds is 3. The van der Waals surface area contributed by atoms with Crippen LogP contribution in [-0.2, 0) is 4.79 Å². The number of aromatic nitrogens is 2. The number of thioether (sulfide) groups is 1. The summed E-state index contributed by atoms with van der Waals surface area (Å²) in [5.74, 6) is -0.895. The number of aromatic amines is 1. The Hall–Kier alpha value is -1.50. The molecule has 0 saturated carbocycles. The second-order valence-corrected chi connectivity index (χ2v) is 3.90. The number of anilines is 1. The molecule has 0 aliphatic rings. The van der Waals surface area contributed by atoms with Crippen molar-refractivity contribution in [3.8, 4) is 0 Å². The Kier molecular flexibility index (Phi) is 3.13. The van der Waals surface area contributed by atoms with Gasteiger partial charge in [-0.05, 0) is 6.92 Å². The molecule has 0 aliphatic carbocycles. The summed E-state index contributed by atoms with van der Waals surface area (Å²) < 4.78 is 0. The van der Waals surface area contributed by atoms with Crippen LogP contribution in [-0.4, -0.2) is 26.3 Å². The number of nitrogens with one attached hydrogen (secondary N) is 1. The van der Waals surface area contributed by atoms with Crippen molar-refractivity contribution in [3.05, 3.63) is 16.4 Å². The Labute approximate surface area is 83.5 Å². The lowest BCUT2D eigenvalue weighted by molar-refractivity contribution is -0.136. The van der Waals surface area contributed by atoms with Crippen LogP contribution in [0.25, 0.3) is 0 Å². The maximum absolute atomic E-state index is 10.9. The van der Waals surface area contributed by atoms with Gasteiger partial charge < -0.3 is 15.8 Å². The van der Waals surface area contributed by atoms with Crippen molar-refractivity contribution in [2.24, 2.45) is 0 Å². The third kappa shape index (κ3) is 2.77. The number of nitrogens with zero attached hydrogens (tertiary/aromatic N) is 1. The van der Waals surface area contributed by atoms with Gasteiger partial charge in [0.05, 0.1) is 0 Å². The van der Waals surface area contributed by atoms with Gasteiger partial charge >= 0.3 is 5.97 Å². The van der Waals surface area contributed by atoms with E-state index < -0.39 is 16.8 Å². The first kappa shape index (κ1) is 10.6. The molecule has 1 heterocycles. The zero-order valence-corrected chi connectivity index (χ0v) is 8.17. The first-order valence-electron chi connectivity index (χ1n) is 3.75. The second kappa shape index (κ2) is 4.14. The van der Waals surface area contributed by atoms with Crippen molar-refractivity contribution < 1.29 is 9.90 Å². The lowest BCUT2D eigenvalue weighted by atomic mass is 10.5. The highest BCUT2D eigenvalue weighted by molar-refractivity contribution is 8.00. The summed E-state index contributed by atoms with van der Waals surface area (Å²) in [5.41, 5.74) is 4.93. The van der Waals surface area contributed by atoms with Crippen LogP contribution < -0.4 is 11.3 Å². The number of carbonyl (C=O) groups is 1. The molecule has 0 bridgehead atoms. The molecule has 6 nitrogen and oxygen atoms in total. The van der Waals surface area contributed by atoms with Crippen molar-refractivity contribution in [2.75, 3.05) is 5.73 Å². The topological polar surface area (TPSA) is 109 Å². The Bertz CT molecular complexity index is 403. The maximum Gasteiger partial charge on any atom is 0.316 e. The molecule has 76 valence electrons. The number of carboxylic acid groups (broad SMARTS) is 1. The molecule has 0 unspecified atom stereocenters. The monoisotopic (exact) mass is 215 g/mol. The summed E-state index contributed by atoms with van der Waals surface area (Å²) in [6.45, 7) is 1.50. The Balaban J connectivity index is 2.87. The van der Waals surface area contributed by atoms with E-state index in [2.05, 4.69) is 9.97 Å². The van der Waals surface area contributed by atoms with Gasteiger partial charge in [-0.15, -0.1) is 0 Å². The first-order chi connectivity index (χ1) is 6.49. The normalized spacial score (nSPS) is 12.4. The Morgan fingerprint density at radius 1 is 1.79 bits per heavy atom. The van der Waals surface area contributed by atoms with Crippen LogP contribution in [0.15, 0.2) is 16.0 Å². The van der Waals surface area contributed by atoms with E-state index in [9.17, 15) is 9.59 Å². The molecule has 1 aromatic heterocycles. The highest BCUT2D eigenvalue weighted by Crippen LogP contribution is 2.18. The summed E-state index contributed by atoms with van der Waals surface area (Å²) in [7, 11) is 0. The minimum Gasteiger partial charge on any atom is -0.480 e. The predicted molar refractivity (Wildman–Crippen MR) is 52.2 cm³/mol. The van der Waals surface area contributed by atoms with Gasteiger partial charge in [-0.3, -0.25) is 9.59 Å². The quantitative estimate of drug-likeness (QED) is 0.480. The molecule has 0 radical (unpaired) electrons. The number of aliphatic carboxylic acids is 1. The maximum atomic E-state index is 10.9. The minimum atomic E-state index is -0.972. The van der Waals surface area contributed by atoms with Crippen molar-refractivity contribution >= 4 is 23.5 Å². The number of carboxylic acids is 1. The van der Waals surface area contributed by atoms with E-state index in [4.69, 9.17) is 10.8 Å². The molecule has 1 rings (SSSR count). The van der Waals surface area contributed by atoms with Gasteiger partial charge in [0.25, 0.3) is 5.56 Å². The standard InChI is InChI=1S/C7H9N3O3S/c1-3(6(12)13)14-7-9-4(8)2-5(11)10-7/h2-3H,1H3,(H,12,13)(H3,8,9,10,11)/t3-/m0/s1. The van der Waals surface area contributed by atoms with Crippen LogP contribution in [0.3, 0.4) is 0 Å². The van der Waals surface area contributed by atoms with Crippen molar-refractivity contribution in [2.45, 2.75) is 17.3 Å². The molecule has 1 aromatic rings. The van der Waals surface area contributed by atoms with Crippen LogP contribution in [0.1, 0.15) is 6.92 Å². The summed E-state index contributed by atoms with van der Waals surface area (Å²) in [4.78, 5) is 27.6. The average Bonchev–Trinajstić information content (AvgIpc) is 2.01. The zero-order chi connectivity index (χ0) is 10.7. The van der Waals surface area contributed by atoms with Gasteiger partial charge in [-0.1, -0.05) is 11.8 Å². The minimum absolute atomic E-state index is 0.0776. The number of nitrogen functional groups attached to an aromatic ring is 1. The predicted octanol–water partition coefficient (Wildman–Crippen LogP) is -0.0827. The molecule has 0 saturated heterocycles. The number of nitrogens with two attached hydrogens (primary N) is 1. The van der Waals surface area contributed by atoms with Crippen molar-refractivity contribution in [1.82, 2.24) is 9.97 Å².